The number of carbonyl (C=O) groups is 2. The number of rotatable bonds is 5. The van der Waals surface area contributed by atoms with Crippen LogP contribution in [0.3, 0.4) is 0 Å². The third-order valence-electron chi connectivity index (χ3n) is 3.96. The standard InChI is InChI=1S/C19H20ClN3O2S/c1-22(12-18(24)21-15-6-4-5-14(20)11-15)13-19(25)23-9-10-26-17-8-3-2-7-16(17)23/h2-8,11H,9-10,12-13H2,1H3,(H,21,24). The lowest BCUT2D eigenvalue weighted by Gasteiger charge is -2.30. The highest BCUT2D eigenvalue weighted by molar-refractivity contribution is 7.99. The number of thioether (sulfide) groups is 1. The maximum atomic E-state index is 12.7. The summed E-state index contributed by atoms with van der Waals surface area (Å²) < 4.78 is 0. The number of carbonyl (C=O) groups excluding carboxylic acids is 2. The normalized spacial score (nSPS) is 13.4. The van der Waals surface area contributed by atoms with Gasteiger partial charge in [0.05, 0.1) is 18.8 Å². The summed E-state index contributed by atoms with van der Waals surface area (Å²) in [6.45, 7) is 0.994. The van der Waals surface area contributed by atoms with Gasteiger partial charge in [0.1, 0.15) is 0 Å². The van der Waals surface area contributed by atoms with Crippen LogP contribution in [0.15, 0.2) is 53.4 Å². The van der Waals surface area contributed by atoms with Crippen molar-refractivity contribution in [2.75, 3.05) is 42.7 Å². The fraction of sp³-hybridized carbons (Fsp3) is 0.263. The van der Waals surface area contributed by atoms with Gasteiger partial charge in [-0.2, -0.15) is 0 Å². The van der Waals surface area contributed by atoms with Crippen molar-refractivity contribution in [1.29, 1.82) is 0 Å². The van der Waals surface area contributed by atoms with Crippen molar-refractivity contribution >= 4 is 46.6 Å². The Morgan fingerprint density at radius 3 is 2.81 bits per heavy atom. The molecule has 1 heterocycles. The summed E-state index contributed by atoms with van der Waals surface area (Å²) in [5.74, 6) is 0.690. The van der Waals surface area contributed by atoms with Crippen molar-refractivity contribution in [1.82, 2.24) is 4.90 Å². The number of para-hydroxylation sites is 1. The first-order valence-corrected chi connectivity index (χ1v) is 9.65. The first-order valence-electron chi connectivity index (χ1n) is 8.29. The number of nitrogens with zero attached hydrogens (tertiary/aromatic N) is 2. The lowest BCUT2D eigenvalue weighted by atomic mass is 10.2. The lowest BCUT2D eigenvalue weighted by molar-refractivity contribution is -0.121. The van der Waals surface area contributed by atoms with Crippen LogP contribution in [0.25, 0.3) is 0 Å². The van der Waals surface area contributed by atoms with Gasteiger partial charge in [0, 0.05) is 27.9 Å². The second kappa shape index (κ2) is 8.58. The van der Waals surface area contributed by atoms with Crippen molar-refractivity contribution < 1.29 is 9.59 Å². The quantitative estimate of drug-likeness (QED) is 0.852. The van der Waals surface area contributed by atoms with E-state index in [0.717, 1.165) is 16.3 Å². The molecule has 2 amide bonds. The van der Waals surface area contributed by atoms with E-state index in [1.165, 1.54) is 0 Å². The summed E-state index contributed by atoms with van der Waals surface area (Å²) in [4.78, 5) is 29.5. The molecule has 0 spiro atoms. The van der Waals surface area contributed by atoms with E-state index >= 15 is 0 Å². The van der Waals surface area contributed by atoms with E-state index in [2.05, 4.69) is 5.32 Å². The fourth-order valence-corrected chi connectivity index (χ4v) is 4.00. The van der Waals surface area contributed by atoms with Gasteiger partial charge in [-0.15, -0.1) is 11.8 Å². The summed E-state index contributed by atoms with van der Waals surface area (Å²) in [6, 6.07) is 14.9. The van der Waals surface area contributed by atoms with Gasteiger partial charge in [0.15, 0.2) is 0 Å². The number of nitrogens with one attached hydrogen (secondary N) is 1. The predicted octanol–water partition coefficient (Wildman–Crippen LogP) is 3.35. The van der Waals surface area contributed by atoms with Gasteiger partial charge in [-0.3, -0.25) is 14.5 Å². The Bertz CT molecular complexity index is 815. The molecule has 0 saturated carbocycles. The molecule has 3 rings (SSSR count). The number of benzene rings is 2. The highest BCUT2D eigenvalue weighted by Gasteiger charge is 2.23. The molecule has 7 heteroatoms. The first kappa shape index (κ1) is 18.8. The highest BCUT2D eigenvalue weighted by Crippen LogP contribution is 2.34. The second-order valence-electron chi connectivity index (χ2n) is 6.09. The maximum absolute atomic E-state index is 12.7. The molecule has 1 N–H and O–H groups in total. The third kappa shape index (κ3) is 4.78. The molecule has 0 aromatic heterocycles. The second-order valence-corrected chi connectivity index (χ2v) is 7.67. The van der Waals surface area contributed by atoms with E-state index in [4.69, 9.17) is 11.6 Å². The molecule has 0 bridgehead atoms. The number of likely N-dealkylation sites (N-methyl/N-ethyl adjacent to an activating group) is 1. The van der Waals surface area contributed by atoms with Gasteiger partial charge in [-0.25, -0.2) is 0 Å². The Morgan fingerprint density at radius 1 is 1.19 bits per heavy atom. The van der Waals surface area contributed by atoms with Gasteiger partial charge in [-0.1, -0.05) is 29.8 Å². The average Bonchev–Trinajstić information content (AvgIpc) is 2.60. The summed E-state index contributed by atoms with van der Waals surface area (Å²) in [5.41, 5.74) is 1.59. The van der Waals surface area contributed by atoms with E-state index in [9.17, 15) is 9.59 Å². The highest BCUT2D eigenvalue weighted by atomic mass is 35.5. The van der Waals surface area contributed by atoms with Crippen molar-refractivity contribution in [3.63, 3.8) is 0 Å². The van der Waals surface area contributed by atoms with Gasteiger partial charge < -0.3 is 10.2 Å². The Hall–Kier alpha value is -2.02. The van der Waals surface area contributed by atoms with Gasteiger partial charge in [0.25, 0.3) is 0 Å². The van der Waals surface area contributed by atoms with Crippen molar-refractivity contribution in [3.05, 3.63) is 53.6 Å². The van der Waals surface area contributed by atoms with Crippen LogP contribution >= 0.6 is 23.4 Å². The van der Waals surface area contributed by atoms with E-state index in [1.807, 2.05) is 24.3 Å². The van der Waals surface area contributed by atoms with E-state index < -0.39 is 0 Å². The molecule has 0 saturated heterocycles. The van der Waals surface area contributed by atoms with Crippen LogP contribution in [0.4, 0.5) is 11.4 Å². The largest absolute Gasteiger partial charge is 0.325 e. The van der Waals surface area contributed by atoms with Crippen molar-refractivity contribution in [2.24, 2.45) is 0 Å². The summed E-state index contributed by atoms with van der Waals surface area (Å²) in [7, 11) is 1.76. The van der Waals surface area contributed by atoms with Crippen LogP contribution in [0.5, 0.6) is 0 Å². The molecule has 5 nitrogen and oxygen atoms in total. The molecular formula is C19H20ClN3O2S. The van der Waals surface area contributed by atoms with Crippen LogP contribution in [0.1, 0.15) is 0 Å². The first-order chi connectivity index (χ1) is 12.5. The molecule has 1 aliphatic heterocycles. The number of halogens is 1. The number of hydrogen-bond donors (Lipinski definition) is 1. The minimum absolute atomic E-state index is 0.00388. The monoisotopic (exact) mass is 389 g/mol. The van der Waals surface area contributed by atoms with E-state index in [1.54, 1.807) is 52.9 Å². The topological polar surface area (TPSA) is 52.7 Å². The van der Waals surface area contributed by atoms with Crippen LogP contribution < -0.4 is 10.2 Å². The van der Waals surface area contributed by atoms with Gasteiger partial charge >= 0.3 is 0 Å². The zero-order valence-electron chi connectivity index (χ0n) is 14.4. The molecule has 0 fully saturated rings. The lowest BCUT2D eigenvalue weighted by Crippen LogP contribution is -2.43. The van der Waals surface area contributed by atoms with Crippen LogP contribution in [0.2, 0.25) is 5.02 Å². The van der Waals surface area contributed by atoms with Gasteiger partial charge in [-0.05, 0) is 37.4 Å². The van der Waals surface area contributed by atoms with Crippen LogP contribution in [0, 0.1) is 0 Å². The zero-order chi connectivity index (χ0) is 18.5. The molecule has 0 unspecified atom stereocenters. The SMILES string of the molecule is CN(CC(=O)Nc1cccc(Cl)c1)CC(=O)N1CCSc2ccccc21. The predicted molar refractivity (Wildman–Crippen MR) is 107 cm³/mol. The molecule has 26 heavy (non-hydrogen) atoms. The van der Waals surface area contributed by atoms with E-state index in [-0.39, 0.29) is 24.9 Å². The Balaban J connectivity index is 1.55. The third-order valence-corrected chi connectivity index (χ3v) is 5.23. The smallest absolute Gasteiger partial charge is 0.241 e. The van der Waals surface area contributed by atoms with Crippen molar-refractivity contribution in [3.8, 4) is 0 Å². The molecule has 2 aromatic rings. The van der Waals surface area contributed by atoms with Crippen LogP contribution in [-0.4, -0.2) is 49.1 Å². The Labute approximate surface area is 162 Å². The number of amides is 2. The molecule has 0 radical (unpaired) electrons. The van der Waals surface area contributed by atoms with Crippen molar-refractivity contribution in [2.45, 2.75) is 4.90 Å². The molecule has 0 atom stereocenters. The number of fused-ring (bicyclic) bond motifs is 1. The van der Waals surface area contributed by atoms with Crippen LogP contribution in [-0.2, 0) is 9.59 Å². The minimum Gasteiger partial charge on any atom is -0.325 e. The molecule has 136 valence electrons. The molecule has 0 aliphatic carbocycles. The fourth-order valence-electron chi connectivity index (χ4n) is 2.81. The molecule has 2 aromatic carbocycles. The number of hydrogen-bond acceptors (Lipinski definition) is 4. The summed E-state index contributed by atoms with van der Waals surface area (Å²) in [6.07, 6.45) is 0. The Morgan fingerprint density at radius 2 is 2.00 bits per heavy atom. The Kier molecular flexibility index (Phi) is 6.19. The van der Waals surface area contributed by atoms with Gasteiger partial charge in [0.2, 0.25) is 11.8 Å². The summed E-state index contributed by atoms with van der Waals surface area (Å²) in [5, 5.41) is 3.35. The maximum Gasteiger partial charge on any atom is 0.241 e. The molecular weight excluding hydrogens is 370 g/mol. The zero-order valence-corrected chi connectivity index (χ0v) is 16.0. The average molecular weight is 390 g/mol. The minimum atomic E-state index is -0.183. The summed E-state index contributed by atoms with van der Waals surface area (Å²) >= 11 is 7.68. The van der Waals surface area contributed by atoms with E-state index in [0.29, 0.717) is 17.3 Å². The molecule has 1 aliphatic rings. The number of anilines is 2.